The zero-order valence-electron chi connectivity index (χ0n) is 10.9. The molecule has 0 radical (unpaired) electrons. The van der Waals surface area contributed by atoms with E-state index in [2.05, 4.69) is 6.92 Å². The maximum Gasteiger partial charge on any atom is 0.209 e. The highest BCUT2D eigenvalue weighted by molar-refractivity contribution is 7.89. The molecule has 1 rings (SSSR count). The highest BCUT2D eigenvalue weighted by atomic mass is 32.2. The third kappa shape index (κ3) is 5.84. The fraction of sp³-hybridized carbons (Fsp3) is 1.00. The van der Waals surface area contributed by atoms with E-state index in [9.17, 15) is 8.42 Å². The highest BCUT2D eigenvalue weighted by Crippen LogP contribution is 2.26. The van der Waals surface area contributed by atoms with Gasteiger partial charge < -0.3 is 4.74 Å². The number of primary sulfonamides is 1. The predicted molar refractivity (Wildman–Crippen MR) is 69.1 cm³/mol. The van der Waals surface area contributed by atoms with E-state index in [1.54, 1.807) is 0 Å². The number of ether oxygens (including phenoxy) is 1. The van der Waals surface area contributed by atoms with Crippen LogP contribution in [0.1, 0.15) is 46.0 Å². The molecule has 0 aromatic carbocycles. The zero-order chi connectivity index (χ0) is 12.9. The van der Waals surface area contributed by atoms with Gasteiger partial charge >= 0.3 is 0 Å². The van der Waals surface area contributed by atoms with Gasteiger partial charge in [0, 0.05) is 0 Å². The molecule has 1 aliphatic carbocycles. The summed E-state index contributed by atoms with van der Waals surface area (Å²) >= 11 is 0. The monoisotopic (exact) mass is 263 g/mol. The van der Waals surface area contributed by atoms with Crippen LogP contribution in [0.4, 0.5) is 0 Å². The fourth-order valence-electron chi connectivity index (χ4n) is 2.40. The topological polar surface area (TPSA) is 69.4 Å². The van der Waals surface area contributed by atoms with Crippen molar-refractivity contribution < 1.29 is 13.2 Å². The van der Waals surface area contributed by atoms with Crippen LogP contribution in [0.2, 0.25) is 0 Å². The number of hydrogen-bond acceptors (Lipinski definition) is 3. The van der Waals surface area contributed by atoms with Gasteiger partial charge in [-0.2, -0.15) is 0 Å². The van der Waals surface area contributed by atoms with Crippen LogP contribution in [0.5, 0.6) is 0 Å². The molecule has 1 fully saturated rings. The average molecular weight is 263 g/mol. The summed E-state index contributed by atoms with van der Waals surface area (Å²) in [5.41, 5.74) is 0. The Kier molecular flexibility index (Phi) is 5.89. The first-order valence-corrected chi connectivity index (χ1v) is 8.26. The lowest BCUT2D eigenvalue weighted by molar-refractivity contribution is -0.0193. The predicted octanol–water partition coefficient (Wildman–Crippen LogP) is 1.90. The summed E-state index contributed by atoms with van der Waals surface area (Å²) in [5.74, 6) is 0.653. The van der Waals surface area contributed by atoms with Crippen LogP contribution in [0, 0.1) is 11.8 Å². The van der Waals surface area contributed by atoms with E-state index in [0.717, 1.165) is 12.8 Å². The molecule has 0 aromatic rings. The molecule has 3 atom stereocenters. The largest absolute Gasteiger partial charge is 0.378 e. The van der Waals surface area contributed by atoms with E-state index >= 15 is 0 Å². The quantitative estimate of drug-likeness (QED) is 0.795. The van der Waals surface area contributed by atoms with Crippen molar-refractivity contribution in [3.05, 3.63) is 0 Å². The Morgan fingerprint density at radius 3 is 2.53 bits per heavy atom. The summed E-state index contributed by atoms with van der Waals surface area (Å²) in [4.78, 5) is 0. The number of nitrogens with two attached hydrogens (primary N) is 1. The van der Waals surface area contributed by atoms with Crippen LogP contribution < -0.4 is 5.14 Å². The third-order valence-corrected chi connectivity index (χ3v) is 4.56. The fourth-order valence-corrected chi connectivity index (χ4v) is 3.39. The van der Waals surface area contributed by atoms with Crippen molar-refractivity contribution in [2.75, 3.05) is 12.4 Å². The first-order valence-electron chi connectivity index (χ1n) is 6.54. The van der Waals surface area contributed by atoms with Crippen molar-refractivity contribution in [1.82, 2.24) is 0 Å². The average Bonchev–Trinajstić information content (AvgIpc) is 2.24. The molecule has 2 N–H and O–H groups in total. The van der Waals surface area contributed by atoms with Gasteiger partial charge in [0.05, 0.1) is 18.5 Å². The van der Waals surface area contributed by atoms with Gasteiger partial charge in [0.25, 0.3) is 0 Å². The molecule has 17 heavy (non-hydrogen) atoms. The Morgan fingerprint density at radius 1 is 1.35 bits per heavy atom. The van der Waals surface area contributed by atoms with Crippen LogP contribution in [0.25, 0.3) is 0 Å². The second-order valence-electron chi connectivity index (χ2n) is 5.24. The Hall–Kier alpha value is -0.130. The Balaban J connectivity index is 2.36. The van der Waals surface area contributed by atoms with Gasteiger partial charge in [-0.1, -0.05) is 33.1 Å². The number of sulfonamides is 1. The second-order valence-corrected chi connectivity index (χ2v) is 6.90. The van der Waals surface area contributed by atoms with Crippen molar-refractivity contribution in [1.29, 1.82) is 0 Å². The van der Waals surface area contributed by atoms with Crippen molar-refractivity contribution in [2.45, 2.75) is 52.1 Å². The van der Waals surface area contributed by atoms with Gasteiger partial charge in [-0.15, -0.1) is 0 Å². The summed E-state index contributed by atoms with van der Waals surface area (Å²) in [7, 11) is -3.38. The molecule has 1 saturated carbocycles. The van der Waals surface area contributed by atoms with Gasteiger partial charge in [0.2, 0.25) is 10.0 Å². The maximum absolute atomic E-state index is 11.0. The molecule has 0 amide bonds. The van der Waals surface area contributed by atoms with Gasteiger partial charge in [-0.3, -0.25) is 0 Å². The zero-order valence-corrected chi connectivity index (χ0v) is 11.7. The second kappa shape index (κ2) is 6.71. The Labute approximate surface area is 105 Å². The first kappa shape index (κ1) is 14.9. The normalized spacial score (nSPS) is 27.9. The standard InChI is InChI=1S/C12H25NO3S/c1-3-11(9-17(13,14)15)8-16-12-7-5-4-6-10(12)2/h10-12H,3-9H2,1-2H3,(H2,13,14,15). The van der Waals surface area contributed by atoms with E-state index in [4.69, 9.17) is 9.88 Å². The molecule has 1 aliphatic rings. The molecule has 4 nitrogen and oxygen atoms in total. The summed E-state index contributed by atoms with van der Waals surface area (Å²) in [5, 5.41) is 5.06. The van der Waals surface area contributed by atoms with Gasteiger partial charge in [-0.05, 0) is 24.7 Å². The molecule has 0 heterocycles. The van der Waals surface area contributed by atoms with Crippen LogP contribution in [-0.2, 0) is 14.8 Å². The van der Waals surface area contributed by atoms with Crippen LogP contribution >= 0.6 is 0 Å². The molecule has 0 aromatic heterocycles. The summed E-state index contributed by atoms with van der Waals surface area (Å²) in [6, 6.07) is 0. The number of hydrogen-bond donors (Lipinski definition) is 1. The summed E-state index contributed by atoms with van der Waals surface area (Å²) in [6.45, 7) is 4.70. The smallest absolute Gasteiger partial charge is 0.209 e. The van der Waals surface area contributed by atoms with E-state index in [1.165, 1.54) is 19.3 Å². The minimum Gasteiger partial charge on any atom is -0.378 e. The summed E-state index contributed by atoms with van der Waals surface area (Å²) < 4.78 is 28.0. The molecule has 102 valence electrons. The third-order valence-electron chi connectivity index (χ3n) is 3.62. The van der Waals surface area contributed by atoms with Crippen LogP contribution in [0.3, 0.4) is 0 Å². The van der Waals surface area contributed by atoms with Crippen molar-refractivity contribution in [3.8, 4) is 0 Å². The van der Waals surface area contributed by atoms with E-state index in [-0.39, 0.29) is 11.7 Å². The maximum atomic E-state index is 11.0. The molecule has 0 bridgehead atoms. The van der Waals surface area contributed by atoms with Crippen LogP contribution in [0.15, 0.2) is 0 Å². The molecular weight excluding hydrogens is 238 g/mol. The molecule has 0 saturated heterocycles. The Morgan fingerprint density at radius 2 is 2.00 bits per heavy atom. The Bertz CT molecular complexity index is 316. The first-order chi connectivity index (χ1) is 7.92. The van der Waals surface area contributed by atoms with Crippen molar-refractivity contribution in [2.24, 2.45) is 17.0 Å². The van der Waals surface area contributed by atoms with Gasteiger partial charge in [-0.25, -0.2) is 13.6 Å². The minimum atomic E-state index is -3.38. The van der Waals surface area contributed by atoms with E-state index < -0.39 is 10.0 Å². The van der Waals surface area contributed by atoms with Crippen molar-refractivity contribution in [3.63, 3.8) is 0 Å². The SMILES string of the molecule is CCC(COC1CCCCC1C)CS(N)(=O)=O. The molecule has 0 aliphatic heterocycles. The molecule has 5 heteroatoms. The minimum absolute atomic E-state index is 0.0270. The van der Waals surface area contributed by atoms with Crippen molar-refractivity contribution >= 4 is 10.0 Å². The molecule has 3 unspecified atom stereocenters. The molecule has 0 spiro atoms. The lowest BCUT2D eigenvalue weighted by Crippen LogP contribution is -2.31. The highest BCUT2D eigenvalue weighted by Gasteiger charge is 2.23. The van der Waals surface area contributed by atoms with Gasteiger partial charge in [0.1, 0.15) is 0 Å². The lowest BCUT2D eigenvalue weighted by Gasteiger charge is -2.30. The number of rotatable bonds is 6. The van der Waals surface area contributed by atoms with E-state index in [0.29, 0.717) is 18.6 Å². The molecular formula is C12H25NO3S. The summed E-state index contributed by atoms with van der Waals surface area (Å²) in [6.07, 6.45) is 5.93. The van der Waals surface area contributed by atoms with E-state index in [1.807, 2.05) is 6.92 Å². The lowest BCUT2D eigenvalue weighted by atomic mass is 9.88. The van der Waals surface area contributed by atoms with Crippen LogP contribution in [-0.4, -0.2) is 26.9 Å². The van der Waals surface area contributed by atoms with Gasteiger partial charge in [0.15, 0.2) is 0 Å².